The van der Waals surface area contributed by atoms with E-state index in [1.807, 2.05) is 30.3 Å². The summed E-state index contributed by atoms with van der Waals surface area (Å²) >= 11 is 1.64. The smallest absolute Gasteiger partial charge is 0.191 e. The van der Waals surface area contributed by atoms with Crippen LogP contribution in [0.5, 0.6) is 0 Å². The van der Waals surface area contributed by atoms with Gasteiger partial charge in [-0.2, -0.15) is 5.26 Å². The fraction of sp³-hybridized carbons (Fsp3) is 0.250. The molecule has 0 unspecified atom stereocenters. The molecule has 3 aromatic rings. The molecule has 0 saturated heterocycles. The van der Waals surface area contributed by atoms with Crippen molar-refractivity contribution in [1.82, 2.24) is 14.8 Å². The summed E-state index contributed by atoms with van der Waals surface area (Å²) in [5, 5.41) is 18.6. The van der Waals surface area contributed by atoms with Gasteiger partial charge in [-0.1, -0.05) is 54.2 Å². The molecule has 0 spiro atoms. The van der Waals surface area contributed by atoms with E-state index in [1.54, 1.807) is 11.8 Å². The Labute approximate surface area is 157 Å². The van der Waals surface area contributed by atoms with E-state index in [0.29, 0.717) is 18.5 Å². The summed E-state index contributed by atoms with van der Waals surface area (Å²) in [6, 6.07) is 20.3. The highest BCUT2D eigenvalue weighted by atomic mass is 32.2. The molecule has 1 aromatic heterocycles. The topological polar surface area (TPSA) is 80.5 Å². The fourth-order valence-electron chi connectivity index (χ4n) is 2.73. The number of nitriles is 1. The van der Waals surface area contributed by atoms with Crippen molar-refractivity contribution in [2.24, 2.45) is 5.73 Å². The van der Waals surface area contributed by atoms with Gasteiger partial charge in [0.1, 0.15) is 5.82 Å². The van der Waals surface area contributed by atoms with Gasteiger partial charge in [0.15, 0.2) is 5.16 Å². The van der Waals surface area contributed by atoms with Crippen molar-refractivity contribution < 1.29 is 0 Å². The second-order valence-electron chi connectivity index (χ2n) is 5.93. The standard InChI is InChI=1S/C20H21N5S/c21-11-9-19-23-24-20(25(19)12-10-16-5-2-1-3-6-16)26-15-18-8-4-7-17(13-18)14-22/h1-8,13H,9-12,15,21H2. The maximum absolute atomic E-state index is 9.04. The van der Waals surface area contributed by atoms with Gasteiger partial charge in [-0.15, -0.1) is 10.2 Å². The number of nitrogens with two attached hydrogens (primary N) is 1. The first-order valence-electron chi connectivity index (χ1n) is 8.58. The summed E-state index contributed by atoms with van der Waals surface area (Å²) in [4.78, 5) is 0. The minimum atomic E-state index is 0.554. The summed E-state index contributed by atoms with van der Waals surface area (Å²) < 4.78 is 2.17. The van der Waals surface area contributed by atoms with E-state index in [2.05, 4.69) is 45.1 Å². The largest absolute Gasteiger partial charge is 0.330 e. The highest BCUT2D eigenvalue weighted by Crippen LogP contribution is 2.23. The Balaban J connectivity index is 1.72. The van der Waals surface area contributed by atoms with E-state index in [0.717, 1.165) is 35.3 Å². The first-order valence-corrected chi connectivity index (χ1v) is 9.56. The molecule has 5 nitrogen and oxygen atoms in total. The molecule has 132 valence electrons. The van der Waals surface area contributed by atoms with Crippen LogP contribution in [0.3, 0.4) is 0 Å². The lowest BCUT2D eigenvalue weighted by Gasteiger charge is -2.10. The molecular formula is C20H21N5S. The number of nitrogens with zero attached hydrogens (tertiary/aromatic N) is 4. The van der Waals surface area contributed by atoms with E-state index in [-0.39, 0.29) is 0 Å². The van der Waals surface area contributed by atoms with Crippen LogP contribution in [0.2, 0.25) is 0 Å². The van der Waals surface area contributed by atoms with Crippen molar-refractivity contribution in [3.8, 4) is 6.07 Å². The van der Waals surface area contributed by atoms with E-state index in [1.165, 1.54) is 5.56 Å². The number of hydrogen-bond acceptors (Lipinski definition) is 5. The molecule has 3 rings (SSSR count). The average Bonchev–Trinajstić information content (AvgIpc) is 3.07. The number of thioether (sulfide) groups is 1. The van der Waals surface area contributed by atoms with Crippen LogP contribution in [-0.2, 0) is 25.1 Å². The molecule has 0 aliphatic heterocycles. The fourth-order valence-corrected chi connectivity index (χ4v) is 3.65. The maximum Gasteiger partial charge on any atom is 0.191 e. The van der Waals surface area contributed by atoms with Gasteiger partial charge in [0.05, 0.1) is 11.6 Å². The van der Waals surface area contributed by atoms with Crippen LogP contribution in [-0.4, -0.2) is 21.3 Å². The Morgan fingerprint density at radius 3 is 2.58 bits per heavy atom. The third-order valence-electron chi connectivity index (χ3n) is 4.05. The molecule has 0 atom stereocenters. The summed E-state index contributed by atoms with van der Waals surface area (Å²) in [6.07, 6.45) is 1.64. The lowest BCUT2D eigenvalue weighted by atomic mass is 10.1. The van der Waals surface area contributed by atoms with Crippen LogP contribution >= 0.6 is 11.8 Å². The lowest BCUT2D eigenvalue weighted by molar-refractivity contribution is 0.601. The Morgan fingerprint density at radius 1 is 1.00 bits per heavy atom. The van der Waals surface area contributed by atoms with E-state index < -0.39 is 0 Å². The first-order chi connectivity index (χ1) is 12.8. The Hall–Kier alpha value is -2.62. The van der Waals surface area contributed by atoms with E-state index in [4.69, 9.17) is 11.0 Å². The lowest BCUT2D eigenvalue weighted by Crippen LogP contribution is -2.12. The van der Waals surface area contributed by atoms with Crippen molar-refractivity contribution >= 4 is 11.8 Å². The van der Waals surface area contributed by atoms with Crippen LogP contribution in [0.15, 0.2) is 59.8 Å². The van der Waals surface area contributed by atoms with Crippen LogP contribution in [0.25, 0.3) is 0 Å². The Bertz CT molecular complexity index is 883. The molecule has 0 amide bonds. The van der Waals surface area contributed by atoms with Crippen molar-refractivity contribution in [3.63, 3.8) is 0 Å². The number of aryl methyl sites for hydroxylation is 1. The first kappa shape index (κ1) is 18.2. The van der Waals surface area contributed by atoms with E-state index >= 15 is 0 Å². The molecular weight excluding hydrogens is 342 g/mol. The molecule has 2 aromatic carbocycles. The monoisotopic (exact) mass is 363 g/mol. The molecule has 26 heavy (non-hydrogen) atoms. The van der Waals surface area contributed by atoms with Gasteiger partial charge in [0.25, 0.3) is 0 Å². The van der Waals surface area contributed by atoms with Crippen LogP contribution in [0, 0.1) is 11.3 Å². The van der Waals surface area contributed by atoms with Gasteiger partial charge in [-0.25, -0.2) is 0 Å². The van der Waals surface area contributed by atoms with Gasteiger partial charge in [0, 0.05) is 18.7 Å². The summed E-state index contributed by atoms with van der Waals surface area (Å²) in [6.45, 7) is 1.38. The van der Waals surface area contributed by atoms with Gasteiger partial charge in [0.2, 0.25) is 0 Å². The third-order valence-corrected chi connectivity index (χ3v) is 5.09. The molecule has 0 aliphatic rings. The van der Waals surface area contributed by atoms with Crippen molar-refractivity contribution in [3.05, 3.63) is 77.1 Å². The van der Waals surface area contributed by atoms with Crippen molar-refractivity contribution in [2.75, 3.05) is 6.54 Å². The SMILES string of the molecule is N#Cc1cccc(CSc2nnc(CCN)n2CCc2ccccc2)c1. The van der Waals surface area contributed by atoms with Gasteiger partial charge in [-0.3, -0.25) is 0 Å². The Kier molecular flexibility index (Phi) is 6.42. The minimum absolute atomic E-state index is 0.554. The number of aromatic nitrogens is 3. The molecule has 0 fully saturated rings. The zero-order valence-corrected chi connectivity index (χ0v) is 15.3. The molecule has 0 saturated carbocycles. The second-order valence-corrected chi connectivity index (χ2v) is 6.87. The Morgan fingerprint density at radius 2 is 1.81 bits per heavy atom. The molecule has 6 heteroatoms. The van der Waals surface area contributed by atoms with Gasteiger partial charge < -0.3 is 10.3 Å². The zero-order valence-electron chi connectivity index (χ0n) is 14.5. The normalized spacial score (nSPS) is 10.6. The maximum atomic E-state index is 9.04. The quantitative estimate of drug-likeness (QED) is 0.622. The summed E-state index contributed by atoms with van der Waals surface area (Å²) in [5.41, 5.74) is 8.80. The number of rotatable bonds is 8. The van der Waals surface area contributed by atoms with Crippen LogP contribution < -0.4 is 5.73 Å². The average molecular weight is 363 g/mol. The third kappa shape index (κ3) is 4.72. The highest BCUT2D eigenvalue weighted by Gasteiger charge is 2.12. The van der Waals surface area contributed by atoms with Crippen LogP contribution in [0.4, 0.5) is 0 Å². The molecule has 1 heterocycles. The molecule has 0 radical (unpaired) electrons. The summed E-state index contributed by atoms with van der Waals surface area (Å²) in [5.74, 6) is 1.68. The minimum Gasteiger partial charge on any atom is -0.330 e. The zero-order chi connectivity index (χ0) is 18.2. The van der Waals surface area contributed by atoms with Crippen LogP contribution in [0.1, 0.15) is 22.5 Å². The number of hydrogen-bond donors (Lipinski definition) is 1. The summed E-state index contributed by atoms with van der Waals surface area (Å²) in [7, 11) is 0. The molecule has 2 N–H and O–H groups in total. The van der Waals surface area contributed by atoms with Gasteiger partial charge in [-0.05, 0) is 36.2 Å². The number of benzene rings is 2. The second kappa shape index (κ2) is 9.18. The van der Waals surface area contributed by atoms with Gasteiger partial charge >= 0.3 is 0 Å². The highest BCUT2D eigenvalue weighted by molar-refractivity contribution is 7.98. The predicted molar refractivity (Wildman–Crippen MR) is 104 cm³/mol. The van der Waals surface area contributed by atoms with E-state index in [9.17, 15) is 0 Å². The van der Waals surface area contributed by atoms with Crippen molar-refractivity contribution in [1.29, 1.82) is 5.26 Å². The molecule has 0 aliphatic carbocycles. The molecule has 0 bridgehead atoms. The van der Waals surface area contributed by atoms with Crippen molar-refractivity contribution in [2.45, 2.75) is 30.3 Å². The predicted octanol–water partition coefficient (Wildman–Crippen LogP) is 3.19.